The van der Waals surface area contributed by atoms with Crippen LogP contribution in [0.2, 0.25) is 10.0 Å². The molecule has 7 heteroatoms. The third-order valence-electron chi connectivity index (χ3n) is 3.95. The normalized spacial score (nSPS) is 15.4. The van der Waals surface area contributed by atoms with E-state index in [2.05, 4.69) is 15.0 Å². The molecule has 1 aromatic carbocycles. The standard InChI is InChI=1S/C16H20Cl2N4S/c1-12-19-16(23-10-4-9-21-7-2-3-8-21)20-22(12)13-5-6-14(17)15(18)11-13/h5-6,11H,2-4,7-10H2,1H3. The molecule has 0 N–H and O–H groups in total. The van der Waals surface area contributed by atoms with Gasteiger partial charge in [0.2, 0.25) is 5.16 Å². The first kappa shape index (κ1) is 17.1. The van der Waals surface area contributed by atoms with E-state index in [9.17, 15) is 0 Å². The molecule has 0 unspecified atom stereocenters. The van der Waals surface area contributed by atoms with Gasteiger partial charge in [0.25, 0.3) is 0 Å². The number of rotatable bonds is 6. The molecule has 0 aliphatic carbocycles. The predicted molar refractivity (Wildman–Crippen MR) is 97.1 cm³/mol. The Morgan fingerprint density at radius 2 is 1.96 bits per heavy atom. The molecule has 0 atom stereocenters. The average Bonchev–Trinajstić information content (AvgIpc) is 3.16. The molecule has 0 spiro atoms. The van der Waals surface area contributed by atoms with Crippen molar-refractivity contribution in [2.75, 3.05) is 25.4 Å². The van der Waals surface area contributed by atoms with Crippen LogP contribution in [0, 0.1) is 6.92 Å². The Bertz CT molecular complexity index is 668. The van der Waals surface area contributed by atoms with E-state index >= 15 is 0 Å². The smallest absolute Gasteiger partial charge is 0.209 e. The number of hydrogen-bond acceptors (Lipinski definition) is 4. The Balaban J connectivity index is 1.58. The monoisotopic (exact) mass is 370 g/mol. The minimum atomic E-state index is 0.527. The van der Waals surface area contributed by atoms with Crippen molar-refractivity contribution in [3.8, 4) is 5.69 Å². The summed E-state index contributed by atoms with van der Waals surface area (Å²) in [5.41, 5.74) is 0.883. The molecule has 1 aromatic heterocycles. The van der Waals surface area contributed by atoms with Gasteiger partial charge in [-0.3, -0.25) is 0 Å². The summed E-state index contributed by atoms with van der Waals surface area (Å²) in [5.74, 6) is 1.90. The van der Waals surface area contributed by atoms with Crippen LogP contribution in [0.3, 0.4) is 0 Å². The van der Waals surface area contributed by atoms with Crippen LogP contribution in [0.1, 0.15) is 25.1 Å². The van der Waals surface area contributed by atoms with Crippen molar-refractivity contribution in [2.24, 2.45) is 0 Å². The lowest BCUT2D eigenvalue weighted by atomic mass is 10.3. The second-order valence-corrected chi connectivity index (χ2v) is 7.58. The van der Waals surface area contributed by atoms with Crippen LogP contribution in [-0.4, -0.2) is 45.1 Å². The molecule has 0 amide bonds. The van der Waals surface area contributed by atoms with E-state index in [4.69, 9.17) is 23.2 Å². The van der Waals surface area contributed by atoms with E-state index in [1.165, 1.54) is 38.9 Å². The van der Waals surface area contributed by atoms with Crippen molar-refractivity contribution < 1.29 is 0 Å². The first-order valence-electron chi connectivity index (χ1n) is 7.88. The Hall–Kier alpha value is -0.750. The zero-order valence-electron chi connectivity index (χ0n) is 13.1. The molecule has 2 heterocycles. The molecular weight excluding hydrogens is 351 g/mol. The van der Waals surface area contributed by atoms with Gasteiger partial charge in [0.1, 0.15) is 5.82 Å². The fraction of sp³-hybridized carbons (Fsp3) is 0.500. The Morgan fingerprint density at radius 3 is 2.70 bits per heavy atom. The minimum absolute atomic E-state index is 0.527. The van der Waals surface area contributed by atoms with Gasteiger partial charge < -0.3 is 4.90 Å². The highest BCUT2D eigenvalue weighted by atomic mass is 35.5. The Kier molecular flexibility index (Phi) is 5.85. The highest BCUT2D eigenvalue weighted by molar-refractivity contribution is 7.99. The maximum atomic E-state index is 6.08. The summed E-state index contributed by atoms with van der Waals surface area (Å²) in [7, 11) is 0. The molecule has 1 aliphatic rings. The second kappa shape index (κ2) is 7.88. The van der Waals surface area contributed by atoms with Crippen LogP contribution in [0.4, 0.5) is 0 Å². The predicted octanol–water partition coefficient (Wildman–Crippen LogP) is 4.46. The van der Waals surface area contributed by atoms with Gasteiger partial charge in [0.15, 0.2) is 0 Å². The van der Waals surface area contributed by atoms with Crippen LogP contribution in [0.5, 0.6) is 0 Å². The van der Waals surface area contributed by atoms with Crippen LogP contribution < -0.4 is 0 Å². The third-order valence-corrected chi connectivity index (χ3v) is 5.61. The molecule has 0 bridgehead atoms. The van der Waals surface area contributed by atoms with Crippen LogP contribution in [0.25, 0.3) is 5.69 Å². The molecule has 3 rings (SSSR count). The van der Waals surface area contributed by atoms with Crippen molar-refractivity contribution in [3.63, 3.8) is 0 Å². The van der Waals surface area contributed by atoms with Gasteiger partial charge in [0, 0.05) is 5.75 Å². The van der Waals surface area contributed by atoms with E-state index in [1.54, 1.807) is 17.8 Å². The Morgan fingerprint density at radius 1 is 1.17 bits per heavy atom. The topological polar surface area (TPSA) is 34.0 Å². The first-order chi connectivity index (χ1) is 11.1. The lowest BCUT2D eigenvalue weighted by molar-refractivity contribution is 0.341. The molecule has 0 saturated carbocycles. The molecule has 23 heavy (non-hydrogen) atoms. The van der Waals surface area contributed by atoms with E-state index in [0.717, 1.165) is 22.4 Å². The highest BCUT2D eigenvalue weighted by Gasteiger charge is 2.12. The summed E-state index contributed by atoms with van der Waals surface area (Å²) < 4.78 is 1.81. The van der Waals surface area contributed by atoms with Gasteiger partial charge in [0.05, 0.1) is 15.7 Å². The summed E-state index contributed by atoms with van der Waals surface area (Å²) in [6.45, 7) is 5.64. The highest BCUT2D eigenvalue weighted by Crippen LogP contribution is 2.25. The molecule has 1 saturated heterocycles. The number of aryl methyl sites for hydroxylation is 1. The lowest BCUT2D eigenvalue weighted by Crippen LogP contribution is -2.20. The summed E-state index contributed by atoms with van der Waals surface area (Å²) in [5, 5.41) is 6.46. The minimum Gasteiger partial charge on any atom is -0.303 e. The molecule has 1 aliphatic heterocycles. The summed E-state index contributed by atoms with van der Waals surface area (Å²) in [6, 6.07) is 5.49. The van der Waals surface area contributed by atoms with Gasteiger partial charge in [-0.2, -0.15) is 0 Å². The first-order valence-corrected chi connectivity index (χ1v) is 9.62. The van der Waals surface area contributed by atoms with Crippen LogP contribution >= 0.6 is 35.0 Å². The number of thioether (sulfide) groups is 1. The molecular formula is C16H20Cl2N4S. The fourth-order valence-corrected chi connectivity index (χ4v) is 3.83. The van der Waals surface area contributed by atoms with Crippen molar-refractivity contribution in [1.82, 2.24) is 19.7 Å². The lowest BCUT2D eigenvalue weighted by Gasteiger charge is -2.13. The largest absolute Gasteiger partial charge is 0.303 e. The third kappa shape index (κ3) is 4.41. The van der Waals surface area contributed by atoms with Gasteiger partial charge in [-0.25, -0.2) is 9.67 Å². The van der Waals surface area contributed by atoms with Crippen molar-refractivity contribution >= 4 is 35.0 Å². The van der Waals surface area contributed by atoms with Gasteiger partial charge in [-0.05, 0) is 64.0 Å². The zero-order valence-corrected chi connectivity index (χ0v) is 15.5. The van der Waals surface area contributed by atoms with Crippen LogP contribution in [-0.2, 0) is 0 Å². The molecule has 124 valence electrons. The number of hydrogen-bond donors (Lipinski definition) is 0. The van der Waals surface area contributed by atoms with E-state index < -0.39 is 0 Å². The van der Waals surface area contributed by atoms with Crippen molar-refractivity contribution in [3.05, 3.63) is 34.1 Å². The van der Waals surface area contributed by atoms with Crippen molar-refractivity contribution in [2.45, 2.75) is 31.3 Å². The molecule has 2 aromatic rings. The molecule has 1 fully saturated rings. The van der Waals surface area contributed by atoms with Gasteiger partial charge in [-0.1, -0.05) is 35.0 Å². The number of likely N-dealkylation sites (tertiary alicyclic amines) is 1. The SMILES string of the molecule is Cc1nc(SCCCN2CCCC2)nn1-c1ccc(Cl)c(Cl)c1. The summed E-state index contributed by atoms with van der Waals surface area (Å²) >= 11 is 13.8. The number of aromatic nitrogens is 3. The quantitative estimate of drug-likeness (QED) is 0.555. The zero-order chi connectivity index (χ0) is 16.2. The summed E-state index contributed by atoms with van der Waals surface area (Å²) in [6.07, 6.45) is 3.87. The average molecular weight is 371 g/mol. The van der Waals surface area contributed by atoms with E-state index in [-0.39, 0.29) is 0 Å². The van der Waals surface area contributed by atoms with Gasteiger partial charge >= 0.3 is 0 Å². The maximum Gasteiger partial charge on any atom is 0.209 e. The van der Waals surface area contributed by atoms with E-state index in [1.807, 2.05) is 23.7 Å². The fourth-order valence-electron chi connectivity index (χ4n) is 2.75. The van der Waals surface area contributed by atoms with Gasteiger partial charge in [-0.15, -0.1) is 5.10 Å². The number of nitrogens with zero attached hydrogens (tertiary/aromatic N) is 4. The summed E-state index contributed by atoms with van der Waals surface area (Å²) in [4.78, 5) is 7.07. The molecule has 4 nitrogen and oxygen atoms in total. The maximum absolute atomic E-state index is 6.08. The number of benzene rings is 1. The molecule has 0 radical (unpaired) electrons. The Labute approximate surface area is 151 Å². The van der Waals surface area contributed by atoms with Crippen LogP contribution in [0.15, 0.2) is 23.4 Å². The van der Waals surface area contributed by atoms with E-state index in [0.29, 0.717) is 10.0 Å². The number of halogens is 2. The second-order valence-electron chi connectivity index (χ2n) is 5.70. The van der Waals surface area contributed by atoms with Crippen molar-refractivity contribution in [1.29, 1.82) is 0 Å².